The number of nitrogens with zero attached hydrogens (tertiary/aromatic N) is 6. The molecule has 4 aliphatic heterocycles. The van der Waals surface area contributed by atoms with Crippen molar-refractivity contribution in [2.75, 3.05) is 16.6 Å². The molecule has 0 aromatic carbocycles. The summed E-state index contributed by atoms with van der Waals surface area (Å²) in [4.78, 5) is 0. The Morgan fingerprint density at radius 1 is 1.22 bits per heavy atom. The molecule has 0 saturated carbocycles. The van der Waals surface area contributed by atoms with Gasteiger partial charge in [-0.15, -0.1) is 10.2 Å². The number of hydrogen-bond donors (Lipinski definition) is 6. The van der Waals surface area contributed by atoms with E-state index in [-0.39, 0.29) is 24.5 Å². The largest absolute Gasteiger partial charge is 0.393 e. The molecule has 5 rings (SSSR count). The molecule has 5 heterocycles. The van der Waals surface area contributed by atoms with Crippen LogP contribution in [0.3, 0.4) is 0 Å². The molecule has 2 saturated heterocycles. The van der Waals surface area contributed by atoms with E-state index in [2.05, 4.69) is 38.8 Å². The molecule has 0 radical (unpaired) electrons. The Morgan fingerprint density at radius 3 is 2.83 bits per heavy atom. The van der Waals surface area contributed by atoms with Crippen molar-refractivity contribution in [2.45, 2.75) is 44.8 Å². The first-order chi connectivity index (χ1) is 11.1. The zero-order chi connectivity index (χ0) is 15.9. The van der Waals surface area contributed by atoms with Crippen LogP contribution >= 0.6 is 0 Å². The molecule has 1 aromatic rings. The molecule has 0 amide bonds. The number of nitrogens with two attached hydrogens (primary N) is 2. The van der Waals surface area contributed by atoms with Gasteiger partial charge in [-0.25, -0.2) is 26.1 Å². The zero-order valence-corrected chi connectivity index (χ0v) is 12.9. The highest BCUT2D eigenvalue weighted by molar-refractivity contribution is 5.81. The monoisotopic (exact) mass is 320 g/mol. The highest BCUT2D eigenvalue weighted by Crippen LogP contribution is 2.41. The molecule has 8 N–H and O–H groups in total. The van der Waals surface area contributed by atoms with Crippen molar-refractivity contribution in [3.05, 3.63) is 0 Å². The molecule has 2 fully saturated rings. The fourth-order valence-corrected chi connectivity index (χ4v) is 3.66. The summed E-state index contributed by atoms with van der Waals surface area (Å²) in [6.45, 7) is 4.06. The number of nitrogen functional groups attached to an aromatic ring is 2. The molecule has 4 unspecified atom stereocenters. The third-order valence-corrected chi connectivity index (χ3v) is 4.80. The molecule has 12 heteroatoms. The van der Waals surface area contributed by atoms with Crippen LogP contribution in [-0.4, -0.2) is 44.1 Å². The Labute approximate surface area is 132 Å². The third-order valence-electron chi connectivity index (χ3n) is 4.80. The summed E-state index contributed by atoms with van der Waals surface area (Å²) in [7, 11) is 0. The van der Waals surface area contributed by atoms with Gasteiger partial charge in [-0.1, -0.05) is 6.92 Å². The fourth-order valence-electron chi connectivity index (χ4n) is 3.66. The Balaban J connectivity index is 1.52. The minimum Gasteiger partial charge on any atom is -0.393 e. The molecule has 0 bridgehead atoms. The van der Waals surface area contributed by atoms with E-state index in [1.54, 1.807) is 0 Å². The fraction of sp³-hybridized carbons (Fsp3) is 0.636. The van der Waals surface area contributed by atoms with Gasteiger partial charge in [0.05, 0.1) is 0 Å². The molecule has 23 heavy (non-hydrogen) atoms. The quantitative estimate of drug-likeness (QED) is 0.337. The maximum Gasteiger partial charge on any atom is 0.186 e. The van der Waals surface area contributed by atoms with E-state index in [9.17, 15) is 0 Å². The summed E-state index contributed by atoms with van der Waals surface area (Å²) in [5.74, 6) is 2.02. The SMILES string of the molecule is CCC1N2NC3NN4C(C)=NNC4C3NN2c2c(N)c(N)nn21. The third kappa shape index (κ3) is 1.48. The van der Waals surface area contributed by atoms with E-state index >= 15 is 0 Å². The zero-order valence-electron chi connectivity index (χ0n) is 12.9. The van der Waals surface area contributed by atoms with Crippen molar-refractivity contribution in [2.24, 2.45) is 5.10 Å². The number of hydrogen-bond acceptors (Lipinski definition) is 11. The van der Waals surface area contributed by atoms with Crippen molar-refractivity contribution in [3.8, 4) is 0 Å². The van der Waals surface area contributed by atoms with Crippen LogP contribution in [0.4, 0.5) is 17.3 Å². The van der Waals surface area contributed by atoms with Gasteiger partial charge in [0.15, 0.2) is 17.8 Å². The predicted octanol–water partition coefficient (Wildman–Crippen LogP) is -2.21. The molecule has 0 aliphatic carbocycles. The van der Waals surface area contributed by atoms with Crippen molar-refractivity contribution in [3.63, 3.8) is 0 Å². The molecule has 1 aromatic heterocycles. The van der Waals surface area contributed by atoms with Crippen LogP contribution in [-0.2, 0) is 0 Å². The van der Waals surface area contributed by atoms with Crippen molar-refractivity contribution < 1.29 is 0 Å². The van der Waals surface area contributed by atoms with Crippen LogP contribution in [0.15, 0.2) is 5.10 Å². The number of hydrazine groups is 4. The lowest BCUT2D eigenvalue weighted by Crippen LogP contribution is -2.73. The number of hydrazone groups is 1. The lowest BCUT2D eigenvalue weighted by molar-refractivity contribution is 0.00401. The molecular weight excluding hydrogens is 300 g/mol. The molecule has 12 nitrogen and oxygen atoms in total. The molecule has 124 valence electrons. The first-order valence-electron chi connectivity index (χ1n) is 7.70. The van der Waals surface area contributed by atoms with Crippen LogP contribution in [0.2, 0.25) is 0 Å². The predicted molar refractivity (Wildman–Crippen MR) is 83.6 cm³/mol. The summed E-state index contributed by atoms with van der Waals surface area (Å²) in [6, 6.07) is 0.0482. The van der Waals surface area contributed by atoms with E-state index < -0.39 is 0 Å². The number of anilines is 3. The van der Waals surface area contributed by atoms with E-state index in [4.69, 9.17) is 11.5 Å². The van der Waals surface area contributed by atoms with E-state index in [0.29, 0.717) is 11.5 Å². The minimum atomic E-state index is -0.00184. The standard InChI is InChI=1S/C11H20N12/c1-3-5-21-11(6(12)8(13)17-21)23-16-7-9(19-22(5)23)18-20-4(2)14-15-10(7)20/h5,7,9-10,15-16,18-19H,3,12H2,1-2H3,(H2,13,17). The lowest BCUT2D eigenvalue weighted by atomic mass is 10.2. The van der Waals surface area contributed by atoms with E-state index in [1.807, 2.05) is 26.9 Å². The summed E-state index contributed by atoms with van der Waals surface area (Å²) in [5, 5.41) is 14.6. The maximum absolute atomic E-state index is 6.14. The van der Waals surface area contributed by atoms with Gasteiger partial charge in [0, 0.05) is 0 Å². The summed E-state index contributed by atoms with van der Waals surface area (Å²) < 4.78 is 1.85. The Morgan fingerprint density at radius 2 is 2.04 bits per heavy atom. The van der Waals surface area contributed by atoms with Crippen LogP contribution < -0.4 is 38.3 Å². The smallest absolute Gasteiger partial charge is 0.186 e. The highest BCUT2D eigenvalue weighted by Gasteiger charge is 2.53. The minimum absolute atomic E-state index is 0.00184. The van der Waals surface area contributed by atoms with Gasteiger partial charge in [0.25, 0.3) is 0 Å². The van der Waals surface area contributed by atoms with E-state index in [0.717, 1.165) is 18.1 Å². The van der Waals surface area contributed by atoms with Gasteiger partial charge in [0.2, 0.25) is 0 Å². The van der Waals surface area contributed by atoms with Gasteiger partial charge in [-0.2, -0.15) is 5.10 Å². The second kappa shape index (κ2) is 4.17. The van der Waals surface area contributed by atoms with Crippen LogP contribution in [0.25, 0.3) is 0 Å². The first-order valence-corrected chi connectivity index (χ1v) is 7.70. The second-order valence-corrected chi connectivity index (χ2v) is 6.11. The average molecular weight is 320 g/mol. The van der Waals surface area contributed by atoms with Gasteiger partial charge in [-0.3, -0.25) is 10.4 Å². The van der Waals surface area contributed by atoms with Gasteiger partial charge < -0.3 is 11.5 Å². The van der Waals surface area contributed by atoms with Crippen LogP contribution in [0.1, 0.15) is 26.4 Å². The van der Waals surface area contributed by atoms with Crippen LogP contribution in [0, 0.1) is 0 Å². The van der Waals surface area contributed by atoms with Crippen molar-refractivity contribution in [1.82, 2.24) is 41.6 Å². The summed E-state index contributed by atoms with van der Waals surface area (Å²) >= 11 is 0. The molecule has 4 aliphatic rings. The molecular formula is C11H20N12. The Hall–Kier alpha value is -2.28. The molecule has 0 spiro atoms. The summed E-state index contributed by atoms with van der Waals surface area (Å²) in [5.41, 5.74) is 26.1. The number of aromatic nitrogens is 2. The summed E-state index contributed by atoms with van der Waals surface area (Å²) in [6.07, 6.45) is 0.886. The Kier molecular flexibility index (Phi) is 2.39. The van der Waals surface area contributed by atoms with Crippen LogP contribution in [0.5, 0.6) is 0 Å². The number of fused-ring (bicyclic) bond motifs is 6. The normalized spacial score (nSPS) is 34.8. The maximum atomic E-state index is 6.14. The van der Waals surface area contributed by atoms with Gasteiger partial charge in [0.1, 0.15) is 29.9 Å². The van der Waals surface area contributed by atoms with Crippen molar-refractivity contribution >= 4 is 23.2 Å². The van der Waals surface area contributed by atoms with E-state index in [1.165, 1.54) is 0 Å². The highest BCUT2D eigenvalue weighted by atomic mass is 16.0. The number of amidine groups is 1. The topological polar surface area (TPSA) is 140 Å². The lowest BCUT2D eigenvalue weighted by Gasteiger charge is -2.42. The second-order valence-electron chi connectivity index (χ2n) is 6.11. The first kappa shape index (κ1) is 13.2. The van der Waals surface area contributed by atoms with Gasteiger partial charge >= 0.3 is 0 Å². The van der Waals surface area contributed by atoms with Gasteiger partial charge in [-0.05, 0) is 13.3 Å². The number of nitrogens with one attached hydrogen (secondary N) is 4. The molecule has 4 atom stereocenters. The van der Waals surface area contributed by atoms with Crippen molar-refractivity contribution in [1.29, 1.82) is 0 Å². The Bertz CT molecular complexity index is 695. The number of rotatable bonds is 1. The average Bonchev–Trinajstić information content (AvgIpc) is 3.21.